The molecule has 2 rings (SSSR count). The van der Waals surface area contributed by atoms with E-state index in [1.54, 1.807) is 0 Å². The van der Waals surface area contributed by atoms with E-state index in [0.717, 1.165) is 29.2 Å². The Labute approximate surface area is 106 Å². The molecule has 2 nitrogen and oxygen atoms in total. The summed E-state index contributed by atoms with van der Waals surface area (Å²) in [5.41, 5.74) is 7.59. The molecular weight excluding hydrogens is 230 g/mol. The molecular formula is C14H21NOS. The smallest absolute Gasteiger partial charge is 0.0564 e. The summed E-state index contributed by atoms with van der Waals surface area (Å²) < 4.78 is 12.5. The van der Waals surface area contributed by atoms with Gasteiger partial charge in [-0.3, -0.25) is 4.21 Å². The van der Waals surface area contributed by atoms with Gasteiger partial charge in [0.05, 0.1) is 10.8 Å². The van der Waals surface area contributed by atoms with Crippen LogP contribution in [0.2, 0.25) is 0 Å². The van der Waals surface area contributed by atoms with Gasteiger partial charge in [0.25, 0.3) is 0 Å². The van der Waals surface area contributed by atoms with Crippen LogP contribution in [0.1, 0.15) is 38.2 Å². The van der Waals surface area contributed by atoms with Gasteiger partial charge >= 0.3 is 0 Å². The van der Waals surface area contributed by atoms with Gasteiger partial charge in [0.15, 0.2) is 0 Å². The van der Waals surface area contributed by atoms with Gasteiger partial charge in [-0.2, -0.15) is 0 Å². The Morgan fingerprint density at radius 3 is 2.53 bits per heavy atom. The van der Waals surface area contributed by atoms with Crippen molar-refractivity contribution in [1.29, 1.82) is 0 Å². The van der Waals surface area contributed by atoms with Crippen LogP contribution in [0, 0.1) is 12.8 Å². The largest absolute Gasteiger partial charge is 0.399 e. The zero-order valence-electron chi connectivity index (χ0n) is 10.6. The van der Waals surface area contributed by atoms with Gasteiger partial charge in [-0.15, -0.1) is 0 Å². The number of rotatable bonds is 2. The van der Waals surface area contributed by atoms with E-state index in [4.69, 9.17) is 5.73 Å². The van der Waals surface area contributed by atoms with Crippen molar-refractivity contribution < 1.29 is 4.21 Å². The standard InChI is InChI=1S/C14H21NOS/c1-10-3-7-13(8-4-10)17(16)14-9-12(15)6-5-11(14)2/h5-6,9-10,13H,3-4,7-8,15H2,1-2H3. The molecule has 1 unspecified atom stereocenters. The molecule has 1 aliphatic carbocycles. The molecule has 2 N–H and O–H groups in total. The maximum atomic E-state index is 12.5. The molecule has 1 fully saturated rings. The molecule has 0 heterocycles. The topological polar surface area (TPSA) is 43.1 Å². The lowest BCUT2D eigenvalue weighted by Gasteiger charge is -2.26. The second-order valence-electron chi connectivity index (χ2n) is 5.20. The van der Waals surface area contributed by atoms with Crippen molar-refractivity contribution in [2.75, 3.05) is 5.73 Å². The number of hydrogen-bond acceptors (Lipinski definition) is 2. The van der Waals surface area contributed by atoms with Gasteiger partial charge in [0.1, 0.15) is 0 Å². The Balaban J connectivity index is 2.16. The van der Waals surface area contributed by atoms with Gasteiger partial charge in [-0.05, 0) is 56.2 Å². The Morgan fingerprint density at radius 1 is 1.24 bits per heavy atom. The molecule has 94 valence electrons. The highest BCUT2D eigenvalue weighted by atomic mass is 32.2. The Morgan fingerprint density at radius 2 is 1.88 bits per heavy atom. The van der Waals surface area contributed by atoms with Crippen LogP contribution in [0.15, 0.2) is 23.1 Å². The third kappa shape index (κ3) is 2.89. The second kappa shape index (κ2) is 5.21. The van der Waals surface area contributed by atoms with Crippen molar-refractivity contribution in [3.8, 4) is 0 Å². The maximum Gasteiger partial charge on any atom is 0.0564 e. The molecule has 1 aromatic rings. The zero-order chi connectivity index (χ0) is 12.4. The lowest BCUT2D eigenvalue weighted by atomic mass is 9.91. The fourth-order valence-corrected chi connectivity index (χ4v) is 4.15. The van der Waals surface area contributed by atoms with E-state index in [9.17, 15) is 4.21 Å². The van der Waals surface area contributed by atoms with E-state index >= 15 is 0 Å². The highest BCUT2D eigenvalue weighted by Crippen LogP contribution is 2.30. The Hall–Kier alpha value is -0.830. The molecule has 1 atom stereocenters. The molecule has 0 aromatic heterocycles. The van der Waals surface area contributed by atoms with E-state index < -0.39 is 10.8 Å². The lowest BCUT2D eigenvalue weighted by Crippen LogP contribution is -2.22. The first-order chi connectivity index (χ1) is 8.08. The SMILES string of the molecule is Cc1ccc(N)cc1S(=O)C1CCC(C)CC1. The summed E-state index contributed by atoms with van der Waals surface area (Å²) in [5.74, 6) is 0.796. The van der Waals surface area contributed by atoms with Gasteiger partial charge in [0, 0.05) is 15.8 Å². The van der Waals surface area contributed by atoms with Crippen molar-refractivity contribution in [2.24, 2.45) is 5.92 Å². The summed E-state index contributed by atoms with van der Waals surface area (Å²) in [6.07, 6.45) is 4.58. The zero-order valence-corrected chi connectivity index (χ0v) is 11.4. The van der Waals surface area contributed by atoms with Gasteiger partial charge in [-0.25, -0.2) is 0 Å². The average Bonchev–Trinajstić information content (AvgIpc) is 2.32. The van der Waals surface area contributed by atoms with E-state index in [2.05, 4.69) is 6.92 Å². The molecule has 0 amide bonds. The molecule has 1 aliphatic rings. The van der Waals surface area contributed by atoms with Crippen LogP contribution in [-0.2, 0) is 10.8 Å². The van der Waals surface area contributed by atoms with Crippen LogP contribution >= 0.6 is 0 Å². The molecule has 17 heavy (non-hydrogen) atoms. The van der Waals surface area contributed by atoms with E-state index in [-0.39, 0.29) is 0 Å². The minimum absolute atomic E-state index is 0.326. The van der Waals surface area contributed by atoms with Gasteiger partial charge in [-0.1, -0.05) is 13.0 Å². The minimum Gasteiger partial charge on any atom is -0.399 e. The van der Waals surface area contributed by atoms with E-state index in [0.29, 0.717) is 10.9 Å². The summed E-state index contributed by atoms with van der Waals surface area (Å²) in [6, 6.07) is 5.72. The first-order valence-electron chi connectivity index (χ1n) is 6.34. The molecule has 1 aromatic carbocycles. The normalized spacial score (nSPS) is 26.7. The lowest BCUT2D eigenvalue weighted by molar-refractivity contribution is 0.389. The number of aryl methyl sites for hydroxylation is 1. The van der Waals surface area contributed by atoms with Crippen molar-refractivity contribution in [2.45, 2.75) is 49.7 Å². The third-order valence-electron chi connectivity index (χ3n) is 3.69. The summed E-state index contributed by atoms with van der Waals surface area (Å²) in [6.45, 7) is 4.29. The molecule has 1 saturated carbocycles. The van der Waals surface area contributed by atoms with Crippen LogP contribution in [0.4, 0.5) is 5.69 Å². The highest BCUT2D eigenvalue weighted by molar-refractivity contribution is 7.85. The quantitative estimate of drug-likeness (QED) is 0.820. The first-order valence-corrected chi connectivity index (χ1v) is 7.56. The summed E-state index contributed by atoms with van der Waals surface area (Å²) >= 11 is 0. The number of anilines is 1. The van der Waals surface area contributed by atoms with E-state index in [1.165, 1.54) is 12.8 Å². The predicted octanol–water partition coefficient (Wildman–Crippen LogP) is 3.26. The molecule has 3 heteroatoms. The number of benzene rings is 1. The maximum absolute atomic E-state index is 12.5. The van der Waals surface area contributed by atoms with Crippen LogP contribution in [0.5, 0.6) is 0 Å². The molecule has 0 spiro atoms. The van der Waals surface area contributed by atoms with Crippen LogP contribution in [0.25, 0.3) is 0 Å². The Kier molecular flexibility index (Phi) is 3.87. The molecule has 0 aliphatic heterocycles. The van der Waals surface area contributed by atoms with Gasteiger partial charge < -0.3 is 5.73 Å². The van der Waals surface area contributed by atoms with Crippen molar-refractivity contribution in [3.63, 3.8) is 0 Å². The highest BCUT2D eigenvalue weighted by Gasteiger charge is 2.25. The van der Waals surface area contributed by atoms with Crippen molar-refractivity contribution in [3.05, 3.63) is 23.8 Å². The summed E-state index contributed by atoms with van der Waals surface area (Å²) in [7, 11) is -0.887. The fourth-order valence-electron chi connectivity index (χ4n) is 2.46. The van der Waals surface area contributed by atoms with Crippen LogP contribution < -0.4 is 5.73 Å². The van der Waals surface area contributed by atoms with Crippen LogP contribution in [-0.4, -0.2) is 9.46 Å². The van der Waals surface area contributed by atoms with Gasteiger partial charge in [0.2, 0.25) is 0 Å². The monoisotopic (exact) mass is 251 g/mol. The Bertz CT molecular complexity index is 422. The number of nitrogen functional groups attached to an aromatic ring is 1. The third-order valence-corrected chi connectivity index (χ3v) is 5.64. The number of hydrogen-bond donors (Lipinski definition) is 1. The first kappa shape index (κ1) is 12.6. The van der Waals surface area contributed by atoms with E-state index in [1.807, 2.05) is 25.1 Å². The fraction of sp³-hybridized carbons (Fsp3) is 0.571. The minimum atomic E-state index is -0.887. The molecule has 0 radical (unpaired) electrons. The van der Waals surface area contributed by atoms with Crippen molar-refractivity contribution >= 4 is 16.5 Å². The summed E-state index contributed by atoms with van der Waals surface area (Å²) in [5, 5.41) is 0.326. The molecule has 0 saturated heterocycles. The molecule has 0 bridgehead atoms. The second-order valence-corrected chi connectivity index (χ2v) is 6.91. The average molecular weight is 251 g/mol. The summed E-state index contributed by atoms with van der Waals surface area (Å²) in [4.78, 5) is 0.935. The predicted molar refractivity (Wildman–Crippen MR) is 73.4 cm³/mol. The number of nitrogens with two attached hydrogens (primary N) is 1. The van der Waals surface area contributed by atoms with Crippen LogP contribution in [0.3, 0.4) is 0 Å². The van der Waals surface area contributed by atoms with Crippen molar-refractivity contribution in [1.82, 2.24) is 0 Å².